The third kappa shape index (κ3) is 3.80. The van der Waals surface area contributed by atoms with E-state index in [2.05, 4.69) is 5.32 Å². The van der Waals surface area contributed by atoms with Crippen LogP contribution in [0.3, 0.4) is 0 Å². The third-order valence-corrected chi connectivity index (χ3v) is 4.44. The van der Waals surface area contributed by atoms with Gasteiger partial charge in [-0.2, -0.15) is 26.3 Å². The van der Waals surface area contributed by atoms with Crippen LogP contribution in [-0.2, 0) is 5.60 Å². The van der Waals surface area contributed by atoms with Gasteiger partial charge in [0, 0.05) is 14.8 Å². The van der Waals surface area contributed by atoms with Crippen LogP contribution in [0.4, 0.5) is 32.0 Å². The number of aliphatic hydroxyl groups is 1. The maximum absolute atomic E-state index is 12.8. The number of carbonyl (C=O) groups is 1. The molecule has 0 saturated carbocycles. The Morgan fingerprint density at radius 2 is 1.38 bits per heavy atom. The first-order chi connectivity index (χ1) is 11.9. The maximum atomic E-state index is 12.8. The number of hydrogen-bond donors (Lipinski definition) is 2. The maximum Gasteiger partial charge on any atom is 0.430 e. The van der Waals surface area contributed by atoms with Gasteiger partial charge in [0.05, 0.1) is 5.56 Å². The molecular formula is C16H10F6INO2. The molecule has 0 aromatic heterocycles. The largest absolute Gasteiger partial charge is 0.430 e. The van der Waals surface area contributed by atoms with Crippen molar-refractivity contribution >= 4 is 34.2 Å². The average Bonchev–Trinajstić information content (AvgIpc) is 2.53. The molecule has 0 saturated heterocycles. The van der Waals surface area contributed by atoms with Crippen molar-refractivity contribution in [2.45, 2.75) is 18.0 Å². The van der Waals surface area contributed by atoms with Crippen LogP contribution in [0.25, 0.3) is 0 Å². The quantitative estimate of drug-likeness (QED) is 0.479. The summed E-state index contributed by atoms with van der Waals surface area (Å²) in [4.78, 5) is 12.1. The van der Waals surface area contributed by atoms with Gasteiger partial charge in [-0.3, -0.25) is 4.79 Å². The minimum atomic E-state index is -5.96. The molecule has 0 aliphatic heterocycles. The number of amides is 1. The van der Waals surface area contributed by atoms with E-state index >= 15 is 0 Å². The summed E-state index contributed by atoms with van der Waals surface area (Å²) in [5.41, 5.74) is -6.13. The number of benzene rings is 2. The zero-order valence-electron chi connectivity index (χ0n) is 12.6. The smallest absolute Gasteiger partial charge is 0.369 e. The Morgan fingerprint density at radius 1 is 0.885 bits per heavy atom. The van der Waals surface area contributed by atoms with Crippen molar-refractivity contribution in [1.82, 2.24) is 0 Å². The molecule has 2 N–H and O–H groups in total. The third-order valence-electron chi connectivity index (χ3n) is 3.50. The molecular weight excluding hydrogens is 479 g/mol. The molecule has 0 spiro atoms. The minimum Gasteiger partial charge on any atom is -0.369 e. The minimum absolute atomic E-state index is 0.0231. The molecule has 2 rings (SSSR count). The van der Waals surface area contributed by atoms with Gasteiger partial charge < -0.3 is 10.4 Å². The molecule has 0 radical (unpaired) electrons. The second-order valence-corrected chi connectivity index (χ2v) is 6.38. The van der Waals surface area contributed by atoms with E-state index in [1.165, 1.54) is 6.07 Å². The molecule has 2 aromatic carbocycles. The lowest BCUT2D eigenvalue weighted by molar-refractivity contribution is -0.376. The molecule has 26 heavy (non-hydrogen) atoms. The SMILES string of the molecule is O=C(Nc1ccc(C(O)(C(F)(F)F)C(F)(F)F)cc1)c1ccccc1I. The summed E-state index contributed by atoms with van der Waals surface area (Å²) in [7, 11) is 0. The lowest BCUT2D eigenvalue weighted by atomic mass is 9.92. The number of rotatable bonds is 3. The summed E-state index contributed by atoms with van der Waals surface area (Å²) < 4.78 is 77.5. The standard InChI is InChI=1S/C16H10F6INO2/c17-15(18,19)14(26,16(20,21)22)9-5-7-10(8-6-9)24-13(25)11-3-1-2-4-12(11)23/h1-8,26H,(H,24,25). The molecule has 0 aliphatic rings. The first-order valence-corrected chi connectivity index (χ1v) is 7.98. The molecule has 0 fully saturated rings. The first-order valence-electron chi connectivity index (χ1n) is 6.90. The molecule has 0 aliphatic carbocycles. The van der Waals surface area contributed by atoms with Crippen LogP contribution < -0.4 is 5.32 Å². The van der Waals surface area contributed by atoms with Gasteiger partial charge in [-0.15, -0.1) is 0 Å². The molecule has 10 heteroatoms. The van der Waals surface area contributed by atoms with Crippen molar-refractivity contribution in [1.29, 1.82) is 0 Å². The number of hydrogen-bond acceptors (Lipinski definition) is 2. The molecule has 0 unspecified atom stereocenters. The number of carbonyl (C=O) groups excluding carboxylic acids is 1. The molecule has 0 bridgehead atoms. The van der Waals surface area contributed by atoms with Gasteiger partial charge in [-0.1, -0.05) is 24.3 Å². The molecule has 140 valence electrons. The topological polar surface area (TPSA) is 49.3 Å². The van der Waals surface area contributed by atoms with E-state index in [-0.39, 0.29) is 5.69 Å². The first kappa shape index (κ1) is 20.5. The average molecular weight is 489 g/mol. The highest BCUT2D eigenvalue weighted by atomic mass is 127. The Balaban J connectivity index is 2.30. The van der Waals surface area contributed by atoms with Crippen molar-refractivity contribution in [3.8, 4) is 0 Å². The van der Waals surface area contributed by atoms with E-state index < -0.39 is 29.4 Å². The van der Waals surface area contributed by atoms with Crippen LogP contribution in [0.1, 0.15) is 15.9 Å². The van der Waals surface area contributed by atoms with E-state index in [9.17, 15) is 36.2 Å². The van der Waals surface area contributed by atoms with Gasteiger partial charge in [-0.25, -0.2) is 0 Å². The Hall–Kier alpha value is -1.82. The molecule has 3 nitrogen and oxygen atoms in total. The fraction of sp³-hybridized carbons (Fsp3) is 0.188. The second-order valence-electron chi connectivity index (χ2n) is 5.22. The predicted molar refractivity (Wildman–Crippen MR) is 89.6 cm³/mol. The monoisotopic (exact) mass is 489 g/mol. The lowest BCUT2D eigenvalue weighted by Gasteiger charge is -2.32. The van der Waals surface area contributed by atoms with Crippen LogP contribution in [-0.4, -0.2) is 23.4 Å². The zero-order chi connectivity index (χ0) is 19.8. The highest BCUT2D eigenvalue weighted by Crippen LogP contribution is 2.50. The van der Waals surface area contributed by atoms with Gasteiger partial charge in [0.2, 0.25) is 0 Å². The summed E-state index contributed by atoms with van der Waals surface area (Å²) in [6, 6.07) is 9.11. The second kappa shape index (κ2) is 7.06. The van der Waals surface area contributed by atoms with Gasteiger partial charge in [-0.05, 0) is 46.9 Å². The van der Waals surface area contributed by atoms with Gasteiger partial charge in [0.15, 0.2) is 0 Å². The van der Waals surface area contributed by atoms with Crippen LogP contribution in [0, 0.1) is 3.57 Å². The lowest BCUT2D eigenvalue weighted by Crippen LogP contribution is -2.53. The molecule has 2 aromatic rings. The number of halogens is 7. The highest BCUT2D eigenvalue weighted by molar-refractivity contribution is 14.1. The molecule has 0 atom stereocenters. The van der Waals surface area contributed by atoms with Crippen molar-refractivity contribution in [2.24, 2.45) is 0 Å². The van der Waals surface area contributed by atoms with Crippen LogP contribution in [0.15, 0.2) is 48.5 Å². The van der Waals surface area contributed by atoms with Crippen LogP contribution >= 0.6 is 22.6 Å². The van der Waals surface area contributed by atoms with Crippen molar-refractivity contribution in [2.75, 3.05) is 5.32 Å². The Morgan fingerprint density at radius 3 is 1.85 bits per heavy atom. The van der Waals surface area contributed by atoms with Crippen molar-refractivity contribution in [3.63, 3.8) is 0 Å². The van der Waals surface area contributed by atoms with E-state index in [0.717, 1.165) is 12.1 Å². The Labute approximate surface area is 157 Å². The summed E-state index contributed by atoms with van der Waals surface area (Å²) >= 11 is 1.91. The fourth-order valence-electron chi connectivity index (χ4n) is 2.13. The van der Waals surface area contributed by atoms with Crippen LogP contribution in [0.2, 0.25) is 0 Å². The van der Waals surface area contributed by atoms with E-state index in [1.807, 2.05) is 22.6 Å². The number of alkyl halides is 6. The highest BCUT2D eigenvalue weighted by Gasteiger charge is 2.71. The normalized spacial score (nSPS) is 12.8. The number of anilines is 1. The van der Waals surface area contributed by atoms with Crippen molar-refractivity contribution in [3.05, 3.63) is 63.2 Å². The van der Waals surface area contributed by atoms with E-state index in [4.69, 9.17) is 0 Å². The van der Waals surface area contributed by atoms with Crippen LogP contribution in [0.5, 0.6) is 0 Å². The van der Waals surface area contributed by atoms with E-state index in [1.54, 1.807) is 18.2 Å². The summed E-state index contributed by atoms with van der Waals surface area (Å²) in [6.07, 6.45) is -11.9. The zero-order valence-corrected chi connectivity index (χ0v) is 14.8. The predicted octanol–water partition coefficient (Wildman–Crippen LogP) is 4.86. The van der Waals surface area contributed by atoms with Gasteiger partial charge in [0.25, 0.3) is 11.5 Å². The summed E-state index contributed by atoms with van der Waals surface area (Å²) in [5, 5.41) is 11.7. The summed E-state index contributed by atoms with van der Waals surface area (Å²) in [6.45, 7) is 0. The molecule has 1 amide bonds. The van der Waals surface area contributed by atoms with E-state index in [0.29, 0.717) is 21.3 Å². The fourth-order valence-corrected chi connectivity index (χ4v) is 2.76. The molecule has 0 heterocycles. The Bertz CT molecular complexity index is 788. The van der Waals surface area contributed by atoms with Gasteiger partial charge >= 0.3 is 12.4 Å². The summed E-state index contributed by atoms with van der Waals surface area (Å²) in [5.74, 6) is -0.579. The van der Waals surface area contributed by atoms with Crippen molar-refractivity contribution < 1.29 is 36.2 Å². The Kier molecular flexibility index (Phi) is 5.57. The van der Waals surface area contributed by atoms with Gasteiger partial charge in [0.1, 0.15) is 0 Å². The number of nitrogens with one attached hydrogen (secondary N) is 1.